The number of aliphatic hydroxyl groups excluding tert-OH is 1. The van der Waals surface area contributed by atoms with Gasteiger partial charge in [0.2, 0.25) is 0 Å². The number of aromatic amines is 1. The van der Waals surface area contributed by atoms with Gasteiger partial charge in [0.05, 0.1) is 12.9 Å². The number of nitrogens with one attached hydrogen (secondary N) is 2. The van der Waals surface area contributed by atoms with Crippen LogP contribution in [0.2, 0.25) is 0 Å². The van der Waals surface area contributed by atoms with Crippen LogP contribution in [0.1, 0.15) is 10.4 Å². The van der Waals surface area contributed by atoms with E-state index in [2.05, 4.69) is 15.3 Å². The summed E-state index contributed by atoms with van der Waals surface area (Å²) >= 11 is 0. The molecule has 0 aliphatic carbocycles. The predicted molar refractivity (Wildman–Crippen MR) is 44.3 cm³/mol. The molecule has 1 rings (SSSR count). The van der Waals surface area contributed by atoms with E-state index in [1.54, 1.807) is 0 Å². The Morgan fingerprint density at radius 1 is 1.69 bits per heavy atom. The van der Waals surface area contributed by atoms with Gasteiger partial charge in [-0.05, 0) is 0 Å². The van der Waals surface area contributed by atoms with Gasteiger partial charge in [-0.15, -0.1) is 0 Å². The molecular formula is C7H9N3O3. The topological polar surface area (TPSA) is 95.1 Å². The van der Waals surface area contributed by atoms with E-state index in [-0.39, 0.29) is 18.7 Å². The van der Waals surface area contributed by atoms with Crippen molar-refractivity contribution in [3.8, 4) is 0 Å². The lowest BCUT2D eigenvalue weighted by molar-refractivity contribution is 0.0943. The molecule has 13 heavy (non-hydrogen) atoms. The third-order valence-electron chi connectivity index (χ3n) is 1.36. The first-order chi connectivity index (χ1) is 6.25. The van der Waals surface area contributed by atoms with Crippen molar-refractivity contribution in [3.63, 3.8) is 0 Å². The number of aliphatic hydroxyl groups is 1. The van der Waals surface area contributed by atoms with Crippen molar-refractivity contribution in [1.82, 2.24) is 15.3 Å². The Balaban J connectivity index is 2.77. The number of H-pyrrole nitrogens is 1. The smallest absolute Gasteiger partial charge is 0.263 e. The molecular weight excluding hydrogens is 174 g/mol. The van der Waals surface area contributed by atoms with Gasteiger partial charge in [-0.1, -0.05) is 0 Å². The zero-order valence-electron chi connectivity index (χ0n) is 6.78. The van der Waals surface area contributed by atoms with Gasteiger partial charge in [-0.2, -0.15) is 0 Å². The second-order valence-corrected chi connectivity index (χ2v) is 2.27. The third-order valence-corrected chi connectivity index (χ3v) is 1.36. The van der Waals surface area contributed by atoms with E-state index in [4.69, 9.17) is 5.11 Å². The summed E-state index contributed by atoms with van der Waals surface area (Å²) < 4.78 is 0. The first-order valence-corrected chi connectivity index (χ1v) is 3.67. The first-order valence-electron chi connectivity index (χ1n) is 3.67. The molecule has 1 amide bonds. The van der Waals surface area contributed by atoms with Crippen LogP contribution in [-0.2, 0) is 0 Å². The van der Waals surface area contributed by atoms with E-state index < -0.39 is 11.5 Å². The maximum atomic E-state index is 11.1. The van der Waals surface area contributed by atoms with Crippen molar-refractivity contribution in [1.29, 1.82) is 0 Å². The van der Waals surface area contributed by atoms with Gasteiger partial charge in [0.25, 0.3) is 11.5 Å². The number of aromatic nitrogens is 2. The number of hydrogen-bond donors (Lipinski definition) is 3. The van der Waals surface area contributed by atoms with Gasteiger partial charge in [-0.25, -0.2) is 4.98 Å². The van der Waals surface area contributed by atoms with Crippen molar-refractivity contribution < 1.29 is 9.90 Å². The summed E-state index contributed by atoms with van der Waals surface area (Å²) in [4.78, 5) is 28.0. The Morgan fingerprint density at radius 3 is 3.08 bits per heavy atom. The number of rotatable bonds is 3. The average Bonchev–Trinajstić information content (AvgIpc) is 2.15. The lowest BCUT2D eigenvalue weighted by Crippen LogP contribution is -2.31. The molecule has 70 valence electrons. The molecule has 6 heteroatoms. The van der Waals surface area contributed by atoms with Crippen LogP contribution in [0.4, 0.5) is 0 Å². The molecule has 0 unspecified atom stereocenters. The van der Waals surface area contributed by atoms with Crippen molar-refractivity contribution in [2.24, 2.45) is 0 Å². The standard InChI is InChI=1S/C7H9N3O3/c11-2-1-9-6(12)5-3-8-4-10-7(5)13/h3-4,11H,1-2H2,(H,9,12)(H,8,10,13). The van der Waals surface area contributed by atoms with Crippen LogP contribution in [-0.4, -0.2) is 34.1 Å². The summed E-state index contributed by atoms with van der Waals surface area (Å²) in [6, 6.07) is 0. The first kappa shape index (κ1) is 9.40. The van der Waals surface area contributed by atoms with Crippen molar-refractivity contribution in [2.45, 2.75) is 0 Å². The van der Waals surface area contributed by atoms with Gasteiger partial charge in [0, 0.05) is 12.7 Å². The Bertz CT molecular complexity index is 347. The second kappa shape index (κ2) is 4.36. The SMILES string of the molecule is O=C(NCCO)c1cnc[nH]c1=O. The lowest BCUT2D eigenvalue weighted by atomic mass is 10.3. The van der Waals surface area contributed by atoms with E-state index in [0.717, 1.165) is 0 Å². The van der Waals surface area contributed by atoms with Crippen LogP contribution >= 0.6 is 0 Å². The molecule has 0 saturated carbocycles. The highest BCUT2D eigenvalue weighted by Gasteiger charge is 2.08. The van der Waals surface area contributed by atoms with Crippen LogP contribution in [0.5, 0.6) is 0 Å². The van der Waals surface area contributed by atoms with Crippen LogP contribution in [0.3, 0.4) is 0 Å². The Morgan fingerprint density at radius 2 is 2.46 bits per heavy atom. The van der Waals surface area contributed by atoms with Crippen molar-refractivity contribution >= 4 is 5.91 Å². The van der Waals surface area contributed by atoms with Crippen LogP contribution in [0, 0.1) is 0 Å². The van der Waals surface area contributed by atoms with Crippen molar-refractivity contribution in [3.05, 3.63) is 28.4 Å². The van der Waals surface area contributed by atoms with E-state index in [9.17, 15) is 9.59 Å². The van der Waals surface area contributed by atoms with Crippen molar-refractivity contribution in [2.75, 3.05) is 13.2 Å². The molecule has 0 spiro atoms. The number of carbonyl (C=O) groups is 1. The van der Waals surface area contributed by atoms with Gasteiger partial charge in [0.1, 0.15) is 5.56 Å². The second-order valence-electron chi connectivity index (χ2n) is 2.27. The molecule has 0 atom stereocenters. The Hall–Kier alpha value is -1.69. The fourth-order valence-electron chi connectivity index (χ4n) is 0.770. The van der Waals surface area contributed by atoms with Gasteiger partial charge >= 0.3 is 0 Å². The lowest BCUT2D eigenvalue weighted by Gasteiger charge is -2.00. The largest absolute Gasteiger partial charge is 0.395 e. The molecule has 0 fully saturated rings. The Labute approximate surface area is 73.6 Å². The summed E-state index contributed by atoms with van der Waals surface area (Å²) in [6.45, 7) is -0.0446. The normalized spacial score (nSPS) is 9.62. The minimum atomic E-state index is -0.539. The van der Waals surface area contributed by atoms with Crippen LogP contribution in [0.25, 0.3) is 0 Å². The summed E-state index contributed by atoms with van der Waals surface area (Å²) in [5.74, 6) is -0.539. The summed E-state index contributed by atoms with van der Waals surface area (Å²) in [7, 11) is 0. The monoisotopic (exact) mass is 183 g/mol. The molecule has 1 aromatic heterocycles. The fraction of sp³-hybridized carbons (Fsp3) is 0.286. The molecule has 0 radical (unpaired) electrons. The molecule has 1 aromatic rings. The zero-order chi connectivity index (χ0) is 9.68. The molecule has 3 N–H and O–H groups in total. The summed E-state index contributed by atoms with van der Waals surface area (Å²) in [5, 5.41) is 10.8. The van der Waals surface area contributed by atoms with E-state index in [1.165, 1.54) is 12.5 Å². The summed E-state index contributed by atoms with van der Waals surface area (Å²) in [5.41, 5.74) is -0.554. The van der Waals surface area contributed by atoms with Crippen LogP contribution in [0.15, 0.2) is 17.3 Å². The maximum Gasteiger partial charge on any atom is 0.263 e. The molecule has 0 aromatic carbocycles. The highest BCUT2D eigenvalue weighted by Crippen LogP contribution is 1.84. The van der Waals surface area contributed by atoms with E-state index in [0.29, 0.717) is 0 Å². The van der Waals surface area contributed by atoms with Gasteiger partial charge in [0.15, 0.2) is 0 Å². The molecule has 6 nitrogen and oxygen atoms in total. The number of hydrogen-bond acceptors (Lipinski definition) is 4. The fourth-order valence-corrected chi connectivity index (χ4v) is 0.770. The molecule has 0 aliphatic rings. The zero-order valence-corrected chi connectivity index (χ0v) is 6.78. The van der Waals surface area contributed by atoms with Gasteiger partial charge < -0.3 is 15.4 Å². The van der Waals surface area contributed by atoms with E-state index >= 15 is 0 Å². The quantitative estimate of drug-likeness (QED) is 0.531. The highest BCUT2D eigenvalue weighted by molar-refractivity contribution is 5.93. The maximum absolute atomic E-state index is 11.1. The van der Waals surface area contributed by atoms with E-state index in [1.807, 2.05) is 0 Å². The summed E-state index contributed by atoms with van der Waals surface area (Å²) in [6.07, 6.45) is 2.37. The predicted octanol–water partition coefficient (Wildman–Crippen LogP) is -1.51. The average molecular weight is 183 g/mol. The van der Waals surface area contributed by atoms with Crippen LogP contribution < -0.4 is 10.9 Å². The minimum absolute atomic E-state index is 0.0593. The Kier molecular flexibility index (Phi) is 3.15. The molecule has 0 aliphatic heterocycles. The minimum Gasteiger partial charge on any atom is -0.395 e. The number of amides is 1. The molecule has 1 heterocycles. The highest BCUT2D eigenvalue weighted by atomic mass is 16.3. The third kappa shape index (κ3) is 2.38. The molecule has 0 bridgehead atoms. The number of carbonyl (C=O) groups excluding carboxylic acids is 1. The van der Waals surface area contributed by atoms with Gasteiger partial charge in [-0.3, -0.25) is 9.59 Å². The molecule has 0 saturated heterocycles. The number of nitrogens with zero attached hydrogens (tertiary/aromatic N) is 1.